The minimum absolute atomic E-state index is 0.211. The van der Waals surface area contributed by atoms with Gasteiger partial charge in [0.15, 0.2) is 0 Å². The lowest BCUT2D eigenvalue weighted by Gasteiger charge is -2.12. The number of hydrogen-bond acceptors (Lipinski definition) is 3. The van der Waals surface area contributed by atoms with Crippen LogP contribution in [0.5, 0.6) is 5.75 Å². The maximum absolute atomic E-state index is 11.7. The molecule has 132 valence electrons. The number of aryl methyl sites for hydroxylation is 1. The molecule has 3 nitrogen and oxygen atoms in total. The summed E-state index contributed by atoms with van der Waals surface area (Å²) in [5.41, 5.74) is 3.07. The Balaban J connectivity index is 1.94. The number of rotatable bonds is 6. The largest absolute Gasteiger partial charge is 0.488 e. The van der Waals surface area contributed by atoms with Gasteiger partial charge in [-0.2, -0.15) is 0 Å². The summed E-state index contributed by atoms with van der Waals surface area (Å²) < 4.78 is 5.96. The summed E-state index contributed by atoms with van der Waals surface area (Å²) in [5, 5.41) is 11.9. The fourth-order valence-corrected chi connectivity index (χ4v) is 3.43. The zero-order chi connectivity index (χ0) is 18.5. The van der Waals surface area contributed by atoms with E-state index in [0.29, 0.717) is 27.8 Å². The third-order valence-electron chi connectivity index (χ3n) is 3.93. The topological polar surface area (TPSA) is 46.5 Å². The smallest absolute Gasteiger partial charge is 0.337 e. The molecular formula is C21H17ClO3S. The van der Waals surface area contributed by atoms with E-state index in [1.165, 1.54) is 11.3 Å². The Morgan fingerprint density at radius 3 is 2.69 bits per heavy atom. The Morgan fingerprint density at radius 1 is 1.19 bits per heavy atom. The van der Waals surface area contributed by atoms with Crippen LogP contribution in [0.2, 0.25) is 5.02 Å². The van der Waals surface area contributed by atoms with Gasteiger partial charge in [-0.25, -0.2) is 4.79 Å². The summed E-state index contributed by atoms with van der Waals surface area (Å²) in [4.78, 5) is 12.4. The Kier molecular flexibility index (Phi) is 5.76. The van der Waals surface area contributed by atoms with Gasteiger partial charge in [0, 0.05) is 15.5 Å². The molecule has 3 aromatic rings. The fourth-order valence-electron chi connectivity index (χ4n) is 2.52. The van der Waals surface area contributed by atoms with Crippen LogP contribution in [0.15, 0.2) is 60.0 Å². The molecule has 0 aliphatic carbocycles. The monoisotopic (exact) mass is 384 g/mol. The van der Waals surface area contributed by atoms with Crippen molar-refractivity contribution < 1.29 is 14.6 Å². The Labute approximate surface area is 161 Å². The first-order valence-electron chi connectivity index (χ1n) is 8.00. The molecule has 0 spiro atoms. The quantitative estimate of drug-likeness (QED) is 0.537. The van der Waals surface area contributed by atoms with E-state index in [1.54, 1.807) is 30.3 Å². The van der Waals surface area contributed by atoms with Gasteiger partial charge in [-0.3, -0.25) is 0 Å². The molecule has 1 heterocycles. The summed E-state index contributed by atoms with van der Waals surface area (Å²) >= 11 is 7.50. The molecule has 0 unspecified atom stereocenters. The van der Waals surface area contributed by atoms with Crippen molar-refractivity contribution in [2.45, 2.75) is 13.5 Å². The van der Waals surface area contributed by atoms with E-state index in [1.807, 2.05) is 42.6 Å². The predicted octanol–water partition coefficient (Wildman–Crippen LogP) is 5.91. The lowest BCUT2D eigenvalue weighted by Crippen LogP contribution is -2.01. The fraction of sp³-hybridized carbons (Fsp3) is 0.0952. The third kappa shape index (κ3) is 4.34. The van der Waals surface area contributed by atoms with Crippen molar-refractivity contribution in [1.82, 2.24) is 0 Å². The van der Waals surface area contributed by atoms with Crippen LogP contribution in [-0.4, -0.2) is 11.1 Å². The Bertz CT molecular complexity index is 946. The molecule has 1 N–H and O–H groups in total. The number of halogens is 1. The number of thiophene rings is 1. The molecule has 0 radical (unpaired) electrons. The summed E-state index contributed by atoms with van der Waals surface area (Å²) in [6.45, 7) is 2.43. The van der Waals surface area contributed by atoms with Gasteiger partial charge in [-0.15, -0.1) is 11.3 Å². The number of benzene rings is 2. The predicted molar refractivity (Wildman–Crippen MR) is 107 cm³/mol. The molecule has 0 aliphatic heterocycles. The van der Waals surface area contributed by atoms with E-state index in [2.05, 4.69) is 0 Å². The molecule has 0 fully saturated rings. The number of carboxylic acids is 1. The summed E-state index contributed by atoms with van der Waals surface area (Å²) in [5.74, 6) is -0.398. The second-order valence-electron chi connectivity index (χ2n) is 5.74. The lowest BCUT2D eigenvalue weighted by atomic mass is 10.1. The zero-order valence-corrected chi connectivity index (χ0v) is 15.7. The van der Waals surface area contributed by atoms with Crippen LogP contribution in [-0.2, 0) is 11.4 Å². The van der Waals surface area contributed by atoms with Gasteiger partial charge < -0.3 is 9.84 Å². The van der Waals surface area contributed by atoms with E-state index in [-0.39, 0.29) is 5.57 Å². The molecule has 5 heteroatoms. The van der Waals surface area contributed by atoms with Gasteiger partial charge in [0.1, 0.15) is 12.4 Å². The van der Waals surface area contributed by atoms with Crippen LogP contribution in [0, 0.1) is 6.92 Å². The van der Waals surface area contributed by atoms with E-state index < -0.39 is 5.97 Å². The van der Waals surface area contributed by atoms with Crippen molar-refractivity contribution in [1.29, 1.82) is 0 Å². The third-order valence-corrected chi connectivity index (χ3v) is 5.07. The van der Waals surface area contributed by atoms with E-state index in [4.69, 9.17) is 16.3 Å². The molecule has 0 amide bonds. The van der Waals surface area contributed by atoms with Crippen molar-refractivity contribution >= 4 is 40.6 Å². The molecule has 0 atom stereocenters. The number of carbonyl (C=O) groups is 1. The first-order valence-corrected chi connectivity index (χ1v) is 9.26. The second-order valence-corrected chi connectivity index (χ2v) is 7.12. The molecule has 1 aromatic heterocycles. The van der Waals surface area contributed by atoms with Crippen molar-refractivity contribution in [3.8, 4) is 5.75 Å². The van der Waals surface area contributed by atoms with Gasteiger partial charge in [0.2, 0.25) is 0 Å². The van der Waals surface area contributed by atoms with E-state index in [9.17, 15) is 9.90 Å². The summed E-state index contributed by atoms with van der Waals surface area (Å²) in [7, 11) is 0. The highest BCUT2D eigenvalue weighted by Gasteiger charge is 2.14. The first-order chi connectivity index (χ1) is 12.5. The maximum Gasteiger partial charge on any atom is 0.337 e. The van der Waals surface area contributed by atoms with Gasteiger partial charge in [0.25, 0.3) is 0 Å². The minimum atomic E-state index is -0.989. The summed E-state index contributed by atoms with van der Waals surface area (Å²) in [6.07, 6.45) is 1.60. The van der Waals surface area contributed by atoms with Gasteiger partial charge in [-0.05, 0) is 53.8 Å². The van der Waals surface area contributed by atoms with Crippen molar-refractivity contribution in [3.63, 3.8) is 0 Å². The Hall–Kier alpha value is -2.56. The van der Waals surface area contributed by atoms with Crippen LogP contribution in [0.1, 0.15) is 21.6 Å². The van der Waals surface area contributed by atoms with Gasteiger partial charge >= 0.3 is 5.97 Å². The van der Waals surface area contributed by atoms with Crippen LogP contribution in [0.25, 0.3) is 11.6 Å². The van der Waals surface area contributed by atoms with Crippen LogP contribution >= 0.6 is 22.9 Å². The summed E-state index contributed by atoms with van der Waals surface area (Å²) in [6, 6.07) is 16.8. The van der Waals surface area contributed by atoms with Crippen LogP contribution in [0.3, 0.4) is 0 Å². The average Bonchev–Trinajstić information content (AvgIpc) is 3.14. The van der Waals surface area contributed by atoms with Gasteiger partial charge in [-0.1, -0.05) is 41.9 Å². The highest BCUT2D eigenvalue weighted by molar-refractivity contribution is 7.11. The number of carboxylic acid groups (broad SMARTS) is 1. The molecule has 0 saturated heterocycles. The molecule has 26 heavy (non-hydrogen) atoms. The number of ether oxygens (including phenoxy) is 1. The van der Waals surface area contributed by atoms with Crippen molar-refractivity contribution in [2.24, 2.45) is 0 Å². The molecule has 0 bridgehead atoms. The number of aliphatic carboxylic acids is 1. The SMILES string of the molecule is Cc1ccccc1COc1ccc(Cl)cc1/C=C(\C(=O)O)c1cccs1. The highest BCUT2D eigenvalue weighted by Crippen LogP contribution is 2.30. The average molecular weight is 385 g/mol. The normalized spacial score (nSPS) is 11.4. The minimum Gasteiger partial charge on any atom is -0.488 e. The highest BCUT2D eigenvalue weighted by atomic mass is 35.5. The molecular weight excluding hydrogens is 368 g/mol. The molecule has 3 rings (SSSR count). The van der Waals surface area contributed by atoms with Crippen molar-refractivity contribution in [3.05, 3.63) is 86.6 Å². The maximum atomic E-state index is 11.7. The van der Waals surface area contributed by atoms with Gasteiger partial charge in [0.05, 0.1) is 5.57 Å². The van der Waals surface area contributed by atoms with E-state index >= 15 is 0 Å². The number of hydrogen-bond donors (Lipinski definition) is 1. The standard InChI is InChI=1S/C21H17ClO3S/c1-14-5-2-3-6-15(14)13-25-19-9-8-17(22)11-16(19)12-18(21(23)24)20-7-4-10-26-20/h2-12H,13H2,1H3,(H,23,24)/b18-12-. The van der Waals surface area contributed by atoms with E-state index in [0.717, 1.165) is 11.1 Å². The van der Waals surface area contributed by atoms with Crippen LogP contribution < -0.4 is 4.74 Å². The van der Waals surface area contributed by atoms with Crippen molar-refractivity contribution in [2.75, 3.05) is 0 Å². The molecule has 2 aromatic carbocycles. The molecule has 0 aliphatic rings. The first kappa shape index (κ1) is 18.2. The Morgan fingerprint density at radius 2 is 2.00 bits per heavy atom. The zero-order valence-electron chi connectivity index (χ0n) is 14.1. The second kappa shape index (κ2) is 8.21. The van der Waals surface area contributed by atoms with Crippen LogP contribution in [0.4, 0.5) is 0 Å². The molecule has 0 saturated carbocycles. The lowest BCUT2D eigenvalue weighted by molar-refractivity contribution is -0.130.